The fraction of sp³-hybridized carbons (Fsp3) is 0.389. The Morgan fingerprint density at radius 3 is 3.00 bits per heavy atom. The molecule has 22 heavy (non-hydrogen) atoms. The number of fused-ring (bicyclic) bond motifs is 1. The van der Waals surface area contributed by atoms with Crippen molar-refractivity contribution < 1.29 is 14.3 Å². The summed E-state index contributed by atoms with van der Waals surface area (Å²) in [6.07, 6.45) is 9.59. The highest BCUT2D eigenvalue weighted by molar-refractivity contribution is 5.88. The molecule has 1 atom stereocenters. The Labute approximate surface area is 131 Å². The molecule has 4 heteroatoms. The quantitative estimate of drug-likeness (QED) is 0.635. The molecule has 0 spiro atoms. The van der Waals surface area contributed by atoms with Crippen molar-refractivity contribution in [3.8, 4) is 11.5 Å². The van der Waals surface area contributed by atoms with Crippen molar-refractivity contribution >= 4 is 12.0 Å². The summed E-state index contributed by atoms with van der Waals surface area (Å²) >= 11 is 0. The zero-order valence-electron chi connectivity index (χ0n) is 12.8. The number of hydrogen-bond acceptors (Lipinski definition) is 3. The predicted molar refractivity (Wildman–Crippen MR) is 85.7 cm³/mol. The highest BCUT2D eigenvalue weighted by atomic mass is 16.7. The molecule has 0 saturated carbocycles. The molecule has 4 nitrogen and oxygen atoms in total. The third-order valence-corrected chi connectivity index (χ3v) is 4.00. The van der Waals surface area contributed by atoms with Crippen LogP contribution in [0.15, 0.2) is 36.4 Å². The lowest BCUT2D eigenvalue weighted by atomic mass is 10.0. The van der Waals surface area contributed by atoms with Crippen LogP contribution in [0.3, 0.4) is 0 Å². The van der Waals surface area contributed by atoms with E-state index in [0.29, 0.717) is 5.92 Å². The molecule has 1 saturated heterocycles. The van der Waals surface area contributed by atoms with E-state index in [-0.39, 0.29) is 12.7 Å². The summed E-state index contributed by atoms with van der Waals surface area (Å²) in [6.45, 7) is 4.22. The fourth-order valence-electron chi connectivity index (χ4n) is 2.82. The normalized spacial score (nSPS) is 21.0. The highest BCUT2D eigenvalue weighted by Crippen LogP contribution is 2.32. The fourth-order valence-corrected chi connectivity index (χ4v) is 2.82. The van der Waals surface area contributed by atoms with Crippen molar-refractivity contribution in [3.05, 3.63) is 42.0 Å². The minimum absolute atomic E-state index is 0.0990. The van der Waals surface area contributed by atoms with Crippen molar-refractivity contribution in [2.45, 2.75) is 19.8 Å². The molecule has 116 valence electrons. The molecule has 1 fully saturated rings. The van der Waals surface area contributed by atoms with Crippen molar-refractivity contribution in [3.63, 3.8) is 0 Å². The Morgan fingerprint density at radius 2 is 2.14 bits per heavy atom. The molecule has 1 amide bonds. The molecule has 1 unspecified atom stereocenters. The molecular weight excluding hydrogens is 278 g/mol. The Hall–Kier alpha value is -2.23. The first-order chi connectivity index (χ1) is 10.7. The van der Waals surface area contributed by atoms with Gasteiger partial charge in [-0.05, 0) is 36.5 Å². The second-order valence-electron chi connectivity index (χ2n) is 5.86. The van der Waals surface area contributed by atoms with Gasteiger partial charge in [-0.15, -0.1) is 0 Å². The lowest BCUT2D eigenvalue weighted by Crippen LogP contribution is -2.38. The van der Waals surface area contributed by atoms with Crippen LogP contribution in [0.5, 0.6) is 11.5 Å². The van der Waals surface area contributed by atoms with Gasteiger partial charge in [0.25, 0.3) is 0 Å². The molecule has 0 N–H and O–H groups in total. The van der Waals surface area contributed by atoms with Crippen LogP contribution in [-0.2, 0) is 4.79 Å². The molecule has 3 rings (SSSR count). The van der Waals surface area contributed by atoms with Gasteiger partial charge in [0.05, 0.1) is 0 Å². The minimum Gasteiger partial charge on any atom is -0.454 e. The standard InChI is InChI=1S/C18H21NO3/c1-14-5-4-10-19(12-14)18(20)7-3-2-6-15-8-9-16-17(11-15)22-13-21-16/h2-3,6-9,11,14H,4-5,10,12-13H2,1H3/b6-2+,7-3+. The van der Waals surface area contributed by atoms with Gasteiger partial charge in [0.2, 0.25) is 12.7 Å². The van der Waals surface area contributed by atoms with Crippen LogP contribution in [0.1, 0.15) is 25.3 Å². The molecule has 1 aromatic carbocycles. The summed E-state index contributed by atoms with van der Waals surface area (Å²) in [5, 5.41) is 0. The van der Waals surface area contributed by atoms with E-state index in [2.05, 4.69) is 6.92 Å². The molecule has 2 heterocycles. The maximum Gasteiger partial charge on any atom is 0.246 e. The number of piperidine rings is 1. The van der Waals surface area contributed by atoms with Gasteiger partial charge in [-0.3, -0.25) is 4.79 Å². The Bertz CT molecular complexity index is 606. The molecule has 0 bridgehead atoms. The van der Waals surface area contributed by atoms with Crippen LogP contribution in [0, 0.1) is 5.92 Å². The largest absolute Gasteiger partial charge is 0.454 e. The first-order valence-electron chi connectivity index (χ1n) is 7.76. The topological polar surface area (TPSA) is 38.8 Å². The summed E-state index contributed by atoms with van der Waals surface area (Å²) in [7, 11) is 0. The summed E-state index contributed by atoms with van der Waals surface area (Å²) in [6, 6.07) is 5.79. The predicted octanol–water partition coefficient (Wildman–Crippen LogP) is 3.24. The zero-order valence-corrected chi connectivity index (χ0v) is 12.8. The van der Waals surface area contributed by atoms with E-state index >= 15 is 0 Å². The van der Waals surface area contributed by atoms with Crippen molar-refractivity contribution in [1.82, 2.24) is 4.90 Å². The number of benzene rings is 1. The van der Waals surface area contributed by atoms with Crippen LogP contribution in [0.2, 0.25) is 0 Å². The number of rotatable bonds is 3. The summed E-state index contributed by atoms with van der Waals surface area (Å²) in [4.78, 5) is 14.0. The molecule has 0 aromatic heterocycles. The first-order valence-corrected chi connectivity index (χ1v) is 7.76. The smallest absolute Gasteiger partial charge is 0.246 e. The van der Waals surface area contributed by atoms with Gasteiger partial charge in [-0.1, -0.05) is 31.2 Å². The second kappa shape index (κ2) is 6.69. The Kier molecular flexibility index (Phi) is 4.47. The van der Waals surface area contributed by atoms with Crippen molar-refractivity contribution in [1.29, 1.82) is 0 Å². The van der Waals surface area contributed by atoms with Gasteiger partial charge in [0.15, 0.2) is 11.5 Å². The maximum absolute atomic E-state index is 12.1. The summed E-state index contributed by atoms with van der Waals surface area (Å²) < 4.78 is 10.6. The number of nitrogens with zero attached hydrogens (tertiary/aromatic N) is 1. The SMILES string of the molecule is CC1CCCN(C(=O)/C=C/C=C/c2ccc3c(c2)OCO3)C1. The van der Waals surface area contributed by atoms with Crippen LogP contribution >= 0.6 is 0 Å². The molecule has 2 aliphatic heterocycles. The third-order valence-electron chi connectivity index (χ3n) is 4.00. The van der Waals surface area contributed by atoms with Gasteiger partial charge in [0.1, 0.15) is 0 Å². The van der Waals surface area contributed by atoms with Gasteiger partial charge in [0, 0.05) is 19.2 Å². The number of ether oxygens (including phenoxy) is 2. The van der Waals surface area contributed by atoms with E-state index in [1.165, 1.54) is 6.42 Å². The molecule has 2 aliphatic rings. The van der Waals surface area contributed by atoms with Crippen molar-refractivity contribution in [2.24, 2.45) is 5.92 Å². The van der Waals surface area contributed by atoms with E-state index < -0.39 is 0 Å². The second-order valence-corrected chi connectivity index (χ2v) is 5.86. The number of hydrogen-bond donors (Lipinski definition) is 0. The number of allylic oxidation sites excluding steroid dienone is 2. The van der Waals surface area contributed by atoms with E-state index in [1.54, 1.807) is 12.2 Å². The number of carbonyl (C=O) groups excluding carboxylic acids is 1. The molecule has 1 aromatic rings. The lowest BCUT2D eigenvalue weighted by Gasteiger charge is -2.29. The van der Waals surface area contributed by atoms with E-state index in [9.17, 15) is 4.79 Å². The van der Waals surface area contributed by atoms with E-state index in [4.69, 9.17) is 9.47 Å². The monoisotopic (exact) mass is 299 g/mol. The molecular formula is C18H21NO3. The summed E-state index contributed by atoms with van der Waals surface area (Å²) in [5.74, 6) is 2.25. The van der Waals surface area contributed by atoms with Crippen LogP contribution < -0.4 is 9.47 Å². The zero-order chi connectivity index (χ0) is 15.4. The minimum atomic E-state index is 0.0990. The van der Waals surface area contributed by atoms with Crippen molar-refractivity contribution in [2.75, 3.05) is 19.9 Å². The highest BCUT2D eigenvalue weighted by Gasteiger charge is 2.18. The van der Waals surface area contributed by atoms with Crippen LogP contribution in [-0.4, -0.2) is 30.7 Å². The Morgan fingerprint density at radius 1 is 1.27 bits per heavy atom. The van der Waals surface area contributed by atoms with Gasteiger partial charge >= 0.3 is 0 Å². The number of likely N-dealkylation sites (tertiary alicyclic amines) is 1. The number of amides is 1. The first kappa shape index (κ1) is 14.7. The van der Waals surface area contributed by atoms with E-state index in [1.807, 2.05) is 35.3 Å². The van der Waals surface area contributed by atoms with Gasteiger partial charge in [-0.2, -0.15) is 0 Å². The van der Waals surface area contributed by atoms with Crippen LogP contribution in [0.25, 0.3) is 6.08 Å². The molecule has 0 aliphatic carbocycles. The Balaban J connectivity index is 1.56. The average molecular weight is 299 g/mol. The number of carbonyl (C=O) groups is 1. The third kappa shape index (κ3) is 3.50. The van der Waals surface area contributed by atoms with Gasteiger partial charge in [-0.25, -0.2) is 0 Å². The lowest BCUT2D eigenvalue weighted by molar-refractivity contribution is -0.127. The maximum atomic E-state index is 12.1. The summed E-state index contributed by atoms with van der Waals surface area (Å²) in [5.41, 5.74) is 1.02. The average Bonchev–Trinajstić information content (AvgIpc) is 2.99. The van der Waals surface area contributed by atoms with Crippen LogP contribution in [0.4, 0.5) is 0 Å². The van der Waals surface area contributed by atoms with E-state index in [0.717, 1.165) is 36.6 Å². The molecule has 0 radical (unpaired) electrons. The van der Waals surface area contributed by atoms with Gasteiger partial charge < -0.3 is 14.4 Å².